The SMILES string of the molecule is COCC(C)=C(C(=O)O)c1cscn1. The number of hydrogen-bond donors (Lipinski definition) is 1. The van der Waals surface area contributed by atoms with E-state index < -0.39 is 5.97 Å². The van der Waals surface area contributed by atoms with Crippen molar-refractivity contribution < 1.29 is 14.6 Å². The van der Waals surface area contributed by atoms with Gasteiger partial charge in [-0.05, 0) is 12.5 Å². The maximum absolute atomic E-state index is 11.0. The zero-order valence-electron chi connectivity index (χ0n) is 7.98. The second-order valence-corrected chi connectivity index (χ2v) is 3.49. The number of thiazole rings is 1. The third-order valence-electron chi connectivity index (χ3n) is 1.69. The molecule has 0 atom stereocenters. The Hall–Kier alpha value is -1.20. The van der Waals surface area contributed by atoms with Gasteiger partial charge in [0.1, 0.15) is 0 Å². The normalized spacial score (nSPS) is 12.4. The Morgan fingerprint density at radius 1 is 1.71 bits per heavy atom. The molecule has 0 spiro atoms. The molecular weight excluding hydrogens is 202 g/mol. The number of carboxylic acid groups (broad SMARTS) is 1. The molecular formula is C9H11NO3S. The van der Waals surface area contributed by atoms with E-state index in [0.29, 0.717) is 17.9 Å². The van der Waals surface area contributed by atoms with Crippen molar-refractivity contribution in [1.82, 2.24) is 4.98 Å². The van der Waals surface area contributed by atoms with Crippen molar-refractivity contribution in [3.8, 4) is 0 Å². The first kappa shape index (κ1) is 10.9. The summed E-state index contributed by atoms with van der Waals surface area (Å²) >= 11 is 1.37. The van der Waals surface area contributed by atoms with E-state index in [9.17, 15) is 4.79 Å². The number of aliphatic carboxylic acids is 1. The Morgan fingerprint density at radius 3 is 2.86 bits per heavy atom. The second kappa shape index (κ2) is 4.88. The van der Waals surface area contributed by atoms with Gasteiger partial charge in [0.05, 0.1) is 23.4 Å². The molecule has 1 N–H and O–H groups in total. The molecule has 0 aliphatic carbocycles. The van der Waals surface area contributed by atoms with Crippen LogP contribution in [0.15, 0.2) is 16.5 Å². The first-order valence-corrected chi connectivity index (χ1v) is 4.91. The molecule has 0 bridgehead atoms. The van der Waals surface area contributed by atoms with E-state index >= 15 is 0 Å². The predicted octanol–water partition coefficient (Wildman–Crippen LogP) is 1.65. The van der Waals surface area contributed by atoms with Gasteiger partial charge < -0.3 is 9.84 Å². The smallest absolute Gasteiger partial charge is 0.337 e. The summed E-state index contributed by atoms with van der Waals surface area (Å²) in [5.74, 6) is -0.967. The van der Waals surface area contributed by atoms with Crippen LogP contribution in [0.4, 0.5) is 0 Å². The topological polar surface area (TPSA) is 59.4 Å². The van der Waals surface area contributed by atoms with Crippen LogP contribution in [-0.2, 0) is 9.53 Å². The fourth-order valence-electron chi connectivity index (χ4n) is 1.14. The second-order valence-electron chi connectivity index (χ2n) is 2.77. The van der Waals surface area contributed by atoms with Gasteiger partial charge in [-0.3, -0.25) is 0 Å². The summed E-state index contributed by atoms with van der Waals surface area (Å²) in [7, 11) is 1.53. The molecule has 0 radical (unpaired) electrons. The average molecular weight is 213 g/mol. The van der Waals surface area contributed by atoms with E-state index in [-0.39, 0.29) is 5.57 Å². The van der Waals surface area contributed by atoms with Crippen molar-refractivity contribution in [2.45, 2.75) is 6.92 Å². The summed E-state index contributed by atoms with van der Waals surface area (Å²) < 4.78 is 4.89. The van der Waals surface area contributed by atoms with E-state index in [1.807, 2.05) is 0 Å². The number of ether oxygens (including phenoxy) is 1. The number of aromatic nitrogens is 1. The summed E-state index contributed by atoms with van der Waals surface area (Å²) in [5.41, 5.74) is 3.01. The fraction of sp³-hybridized carbons (Fsp3) is 0.333. The Bertz CT molecular complexity index is 343. The third-order valence-corrected chi connectivity index (χ3v) is 2.28. The van der Waals surface area contributed by atoms with Crippen LogP contribution in [0.1, 0.15) is 12.6 Å². The quantitative estimate of drug-likeness (QED) is 0.772. The van der Waals surface area contributed by atoms with E-state index in [1.165, 1.54) is 18.4 Å². The van der Waals surface area contributed by atoms with Crippen molar-refractivity contribution >= 4 is 22.9 Å². The molecule has 1 rings (SSSR count). The Kier molecular flexibility index (Phi) is 3.79. The van der Waals surface area contributed by atoms with Crippen LogP contribution < -0.4 is 0 Å². The first-order valence-electron chi connectivity index (χ1n) is 3.97. The lowest BCUT2D eigenvalue weighted by Gasteiger charge is -2.04. The first-order chi connectivity index (χ1) is 6.66. The number of rotatable bonds is 4. The number of carboxylic acids is 1. The van der Waals surface area contributed by atoms with E-state index in [1.54, 1.807) is 17.8 Å². The molecule has 0 saturated carbocycles. The molecule has 76 valence electrons. The monoisotopic (exact) mass is 213 g/mol. The molecule has 1 aromatic heterocycles. The van der Waals surface area contributed by atoms with Gasteiger partial charge in [0.25, 0.3) is 0 Å². The van der Waals surface area contributed by atoms with Crippen molar-refractivity contribution in [2.24, 2.45) is 0 Å². The summed E-state index contributed by atoms with van der Waals surface area (Å²) in [4.78, 5) is 14.9. The summed E-state index contributed by atoms with van der Waals surface area (Å²) in [6, 6.07) is 0. The van der Waals surface area contributed by atoms with Gasteiger partial charge in [-0.2, -0.15) is 0 Å². The summed E-state index contributed by atoms with van der Waals surface area (Å²) in [6.07, 6.45) is 0. The Labute approximate surface area is 85.9 Å². The zero-order chi connectivity index (χ0) is 10.6. The van der Waals surface area contributed by atoms with Crippen LogP contribution in [0.5, 0.6) is 0 Å². The van der Waals surface area contributed by atoms with Gasteiger partial charge in [-0.15, -0.1) is 11.3 Å². The maximum Gasteiger partial charge on any atom is 0.337 e. The lowest BCUT2D eigenvalue weighted by Crippen LogP contribution is -2.05. The van der Waals surface area contributed by atoms with E-state index in [2.05, 4.69) is 4.98 Å². The summed E-state index contributed by atoms with van der Waals surface area (Å²) in [5, 5.41) is 10.7. The average Bonchev–Trinajstić information content (AvgIpc) is 2.57. The van der Waals surface area contributed by atoms with Gasteiger partial charge in [0.15, 0.2) is 0 Å². The minimum Gasteiger partial charge on any atom is -0.478 e. The molecule has 0 aliphatic heterocycles. The van der Waals surface area contributed by atoms with Gasteiger partial charge in [-0.25, -0.2) is 9.78 Å². The molecule has 0 fully saturated rings. The molecule has 14 heavy (non-hydrogen) atoms. The lowest BCUT2D eigenvalue weighted by atomic mass is 10.1. The minimum atomic E-state index is -0.967. The Balaban J connectivity index is 3.08. The zero-order valence-corrected chi connectivity index (χ0v) is 8.80. The number of hydrogen-bond acceptors (Lipinski definition) is 4. The molecule has 0 aliphatic rings. The van der Waals surface area contributed by atoms with Crippen molar-refractivity contribution in [2.75, 3.05) is 13.7 Å². The van der Waals surface area contributed by atoms with Crippen molar-refractivity contribution in [3.05, 3.63) is 22.2 Å². The molecule has 0 unspecified atom stereocenters. The molecule has 4 nitrogen and oxygen atoms in total. The van der Waals surface area contributed by atoms with Crippen LogP contribution in [-0.4, -0.2) is 29.8 Å². The highest BCUT2D eigenvalue weighted by Gasteiger charge is 2.15. The summed E-state index contributed by atoms with van der Waals surface area (Å²) in [6.45, 7) is 2.03. The predicted molar refractivity (Wildman–Crippen MR) is 54.2 cm³/mol. The van der Waals surface area contributed by atoms with E-state index in [4.69, 9.17) is 9.84 Å². The molecule has 1 heterocycles. The molecule has 0 aromatic carbocycles. The molecule has 5 heteroatoms. The number of nitrogens with zero attached hydrogens (tertiary/aromatic N) is 1. The molecule has 0 saturated heterocycles. The largest absolute Gasteiger partial charge is 0.478 e. The number of carbonyl (C=O) groups is 1. The van der Waals surface area contributed by atoms with Gasteiger partial charge >= 0.3 is 5.97 Å². The molecule has 0 amide bonds. The van der Waals surface area contributed by atoms with Crippen LogP contribution in [0.2, 0.25) is 0 Å². The van der Waals surface area contributed by atoms with Crippen molar-refractivity contribution in [1.29, 1.82) is 0 Å². The highest BCUT2D eigenvalue weighted by atomic mass is 32.1. The minimum absolute atomic E-state index is 0.230. The van der Waals surface area contributed by atoms with Crippen LogP contribution in [0.3, 0.4) is 0 Å². The van der Waals surface area contributed by atoms with Gasteiger partial charge in [-0.1, -0.05) is 0 Å². The van der Waals surface area contributed by atoms with Crippen LogP contribution in [0, 0.1) is 0 Å². The lowest BCUT2D eigenvalue weighted by molar-refractivity contribution is -0.130. The fourth-order valence-corrected chi connectivity index (χ4v) is 1.68. The van der Waals surface area contributed by atoms with Crippen LogP contribution in [0.25, 0.3) is 5.57 Å². The Morgan fingerprint density at radius 2 is 2.43 bits per heavy atom. The van der Waals surface area contributed by atoms with Gasteiger partial charge in [0.2, 0.25) is 0 Å². The number of methoxy groups -OCH3 is 1. The highest BCUT2D eigenvalue weighted by Crippen LogP contribution is 2.19. The standard InChI is InChI=1S/C9H11NO3S/c1-6(3-13-2)8(9(11)12)7-4-14-5-10-7/h4-5H,3H2,1-2H3,(H,11,12). The third kappa shape index (κ3) is 2.40. The van der Waals surface area contributed by atoms with Gasteiger partial charge in [0, 0.05) is 12.5 Å². The molecule has 1 aromatic rings. The highest BCUT2D eigenvalue weighted by molar-refractivity contribution is 7.07. The van der Waals surface area contributed by atoms with E-state index in [0.717, 1.165) is 0 Å². The maximum atomic E-state index is 11.0. The van der Waals surface area contributed by atoms with Crippen LogP contribution >= 0.6 is 11.3 Å². The van der Waals surface area contributed by atoms with Crippen molar-refractivity contribution in [3.63, 3.8) is 0 Å².